The summed E-state index contributed by atoms with van der Waals surface area (Å²) in [5, 5.41) is 0. The van der Waals surface area contributed by atoms with Crippen LogP contribution in [0.1, 0.15) is 53.4 Å². The number of ether oxygens (including phenoxy) is 1. The fraction of sp³-hybridized carbons (Fsp3) is 0.923. The van der Waals surface area contributed by atoms with E-state index in [0.717, 1.165) is 19.3 Å². The van der Waals surface area contributed by atoms with Crippen molar-refractivity contribution in [2.45, 2.75) is 65.1 Å². The van der Waals surface area contributed by atoms with E-state index in [4.69, 9.17) is 4.74 Å². The van der Waals surface area contributed by atoms with Gasteiger partial charge in [0.25, 0.3) is 0 Å². The SMILES string of the molecule is C[C@@H]1CC[C@@H]2C(C)(C)CCC(=O)[C@]2(C)O1. The van der Waals surface area contributed by atoms with E-state index < -0.39 is 5.60 Å². The van der Waals surface area contributed by atoms with Crippen LogP contribution in [0.5, 0.6) is 0 Å². The first-order chi connectivity index (χ1) is 6.86. The summed E-state index contributed by atoms with van der Waals surface area (Å²) >= 11 is 0. The van der Waals surface area contributed by atoms with Crippen molar-refractivity contribution in [2.75, 3.05) is 0 Å². The van der Waals surface area contributed by atoms with E-state index in [-0.39, 0.29) is 11.5 Å². The highest BCUT2D eigenvalue weighted by molar-refractivity contribution is 5.88. The molecule has 0 aromatic carbocycles. The van der Waals surface area contributed by atoms with Gasteiger partial charge in [0.05, 0.1) is 6.10 Å². The Hall–Kier alpha value is -0.370. The smallest absolute Gasteiger partial charge is 0.164 e. The molecule has 0 radical (unpaired) electrons. The maximum absolute atomic E-state index is 12.1. The Labute approximate surface area is 92.4 Å². The summed E-state index contributed by atoms with van der Waals surface area (Å²) in [5.41, 5.74) is -0.248. The highest BCUT2D eigenvalue weighted by Crippen LogP contribution is 2.51. The van der Waals surface area contributed by atoms with Gasteiger partial charge in [-0.1, -0.05) is 13.8 Å². The maximum atomic E-state index is 12.1. The zero-order valence-corrected chi connectivity index (χ0v) is 10.3. The number of ketones is 1. The second-order valence-corrected chi connectivity index (χ2v) is 6.08. The van der Waals surface area contributed by atoms with Crippen LogP contribution in [-0.2, 0) is 9.53 Å². The van der Waals surface area contributed by atoms with Crippen molar-refractivity contribution in [3.8, 4) is 0 Å². The number of hydrogen-bond acceptors (Lipinski definition) is 2. The quantitative estimate of drug-likeness (QED) is 0.614. The first-order valence-electron chi connectivity index (χ1n) is 6.07. The van der Waals surface area contributed by atoms with E-state index in [1.807, 2.05) is 6.92 Å². The number of hydrogen-bond donors (Lipinski definition) is 0. The van der Waals surface area contributed by atoms with Crippen molar-refractivity contribution in [1.29, 1.82) is 0 Å². The lowest BCUT2D eigenvalue weighted by Gasteiger charge is -2.53. The molecule has 2 rings (SSSR count). The number of Topliss-reactive ketones (excluding diaryl/α,β-unsaturated/α-hetero) is 1. The van der Waals surface area contributed by atoms with Crippen LogP contribution in [0.4, 0.5) is 0 Å². The summed E-state index contributed by atoms with van der Waals surface area (Å²) in [6.07, 6.45) is 4.17. The van der Waals surface area contributed by atoms with Crippen LogP contribution in [-0.4, -0.2) is 17.5 Å². The van der Waals surface area contributed by atoms with Crippen LogP contribution in [0.25, 0.3) is 0 Å². The third-order valence-electron chi connectivity index (χ3n) is 4.47. The van der Waals surface area contributed by atoms with Gasteiger partial charge in [-0.05, 0) is 38.5 Å². The van der Waals surface area contributed by atoms with Gasteiger partial charge >= 0.3 is 0 Å². The summed E-state index contributed by atoms with van der Waals surface area (Å²) in [6.45, 7) is 8.65. The molecule has 0 unspecified atom stereocenters. The Morgan fingerprint density at radius 2 is 1.93 bits per heavy atom. The third kappa shape index (κ3) is 1.63. The zero-order valence-electron chi connectivity index (χ0n) is 10.3. The minimum absolute atomic E-state index is 0.240. The molecule has 3 atom stereocenters. The highest BCUT2D eigenvalue weighted by Gasteiger charge is 2.54. The molecule has 1 aliphatic carbocycles. The molecule has 15 heavy (non-hydrogen) atoms. The molecule has 2 nitrogen and oxygen atoms in total. The van der Waals surface area contributed by atoms with Crippen LogP contribution in [0.3, 0.4) is 0 Å². The van der Waals surface area contributed by atoms with Crippen LogP contribution >= 0.6 is 0 Å². The molecular formula is C13H22O2. The molecule has 2 fully saturated rings. The Bertz CT molecular complexity index is 282. The zero-order chi connectivity index (χ0) is 11.3. The second-order valence-electron chi connectivity index (χ2n) is 6.08. The van der Waals surface area contributed by atoms with Crippen molar-refractivity contribution < 1.29 is 9.53 Å². The molecule has 2 aliphatic rings. The monoisotopic (exact) mass is 210 g/mol. The Morgan fingerprint density at radius 1 is 1.27 bits per heavy atom. The number of rotatable bonds is 0. The maximum Gasteiger partial charge on any atom is 0.164 e. The summed E-state index contributed by atoms with van der Waals surface area (Å²) < 4.78 is 5.98. The molecule has 1 saturated heterocycles. The molecule has 0 aromatic heterocycles. The van der Waals surface area contributed by atoms with Crippen LogP contribution in [0, 0.1) is 11.3 Å². The molecule has 0 N–H and O–H groups in total. The third-order valence-corrected chi connectivity index (χ3v) is 4.47. The van der Waals surface area contributed by atoms with Crippen LogP contribution in [0.15, 0.2) is 0 Å². The molecule has 1 aliphatic heterocycles. The van der Waals surface area contributed by atoms with Gasteiger partial charge in [-0.2, -0.15) is 0 Å². The van der Waals surface area contributed by atoms with E-state index in [0.29, 0.717) is 18.1 Å². The van der Waals surface area contributed by atoms with Gasteiger partial charge in [-0.15, -0.1) is 0 Å². The Morgan fingerprint density at radius 3 is 2.60 bits per heavy atom. The normalized spacial score (nSPS) is 44.9. The molecule has 0 amide bonds. The number of carbonyl (C=O) groups is 1. The van der Waals surface area contributed by atoms with Crippen molar-refractivity contribution in [1.82, 2.24) is 0 Å². The highest BCUT2D eigenvalue weighted by atomic mass is 16.5. The average Bonchev–Trinajstić information content (AvgIpc) is 2.11. The van der Waals surface area contributed by atoms with E-state index in [1.54, 1.807) is 0 Å². The second kappa shape index (κ2) is 3.31. The van der Waals surface area contributed by atoms with E-state index in [2.05, 4.69) is 20.8 Å². The van der Waals surface area contributed by atoms with E-state index in [9.17, 15) is 4.79 Å². The van der Waals surface area contributed by atoms with Crippen LogP contribution in [0.2, 0.25) is 0 Å². The van der Waals surface area contributed by atoms with Gasteiger partial charge < -0.3 is 4.74 Å². The largest absolute Gasteiger partial charge is 0.364 e. The van der Waals surface area contributed by atoms with Gasteiger partial charge in [0.15, 0.2) is 5.78 Å². The Kier molecular flexibility index (Phi) is 2.45. The Balaban J connectivity index is 2.32. The molecule has 1 saturated carbocycles. The lowest BCUT2D eigenvalue weighted by Crippen LogP contribution is -2.58. The minimum atomic E-state index is -0.501. The summed E-state index contributed by atoms with van der Waals surface area (Å²) in [4.78, 5) is 12.1. The minimum Gasteiger partial charge on any atom is -0.364 e. The predicted octanol–water partition coefficient (Wildman–Crippen LogP) is 2.95. The first kappa shape index (κ1) is 11.1. The summed E-state index contributed by atoms with van der Waals surface area (Å²) in [7, 11) is 0. The fourth-order valence-electron chi connectivity index (χ4n) is 3.49. The van der Waals surface area contributed by atoms with Gasteiger partial charge in [0.2, 0.25) is 0 Å². The van der Waals surface area contributed by atoms with Gasteiger partial charge in [-0.25, -0.2) is 0 Å². The summed E-state index contributed by atoms with van der Waals surface area (Å²) in [5.74, 6) is 0.723. The first-order valence-corrected chi connectivity index (χ1v) is 6.07. The van der Waals surface area contributed by atoms with Crippen LogP contribution < -0.4 is 0 Å². The lowest BCUT2D eigenvalue weighted by molar-refractivity contribution is -0.196. The average molecular weight is 210 g/mol. The van der Waals surface area contributed by atoms with Gasteiger partial charge in [0, 0.05) is 12.3 Å². The van der Waals surface area contributed by atoms with Crippen molar-refractivity contribution in [2.24, 2.45) is 11.3 Å². The number of fused-ring (bicyclic) bond motifs is 1. The standard InChI is InChI=1S/C13H22O2/c1-9-5-6-10-12(2,3)8-7-11(14)13(10,4)15-9/h9-10H,5-8H2,1-4H3/t9-,10-,13-/m1/s1. The van der Waals surface area contributed by atoms with Gasteiger partial charge in [0.1, 0.15) is 5.60 Å². The fourth-order valence-corrected chi connectivity index (χ4v) is 3.49. The topological polar surface area (TPSA) is 26.3 Å². The summed E-state index contributed by atoms with van der Waals surface area (Å²) in [6, 6.07) is 0. The lowest BCUT2D eigenvalue weighted by atomic mass is 9.58. The number of carbonyl (C=O) groups excluding carboxylic acids is 1. The predicted molar refractivity (Wildman–Crippen MR) is 59.7 cm³/mol. The molecular weight excluding hydrogens is 188 g/mol. The molecule has 0 spiro atoms. The van der Waals surface area contributed by atoms with Crippen molar-refractivity contribution >= 4 is 5.78 Å². The molecule has 1 heterocycles. The van der Waals surface area contributed by atoms with Crippen molar-refractivity contribution in [3.63, 3.8) is 0 Å². The van der Waals surface area contributed by atoms with Crippen molar-refractivity contribution in [3.05, 3.63) is 0 Å². The molecule has 0 bridgehead atoms. The molecule has 0 aromatic rings. The van der Waals surface area contributed by atoms with Gasteiger partial charge in [-0.3, -0.25) is 4.79 Å². The van der Waals surface area contributed by atoms with E-state index in [1.165, 1.54) is 0 Å². The van der Waals surface area contributed by atoms with E-state index >= 15 is 0 Å². The molecule has 86 valence electrons. The molecule has 2 heteroatoms.